The Labute approximate surface area is 139 Å². The first-order chi connectivity index (χ1) is 11.5. The van der Waals surface area contributed by atoms with Crippen molar-refractivity contribution < 1.29 is 14.0 Å². The topological polar surface area (TPSA) is 118 Å². The Morgan fingerprint density at radius 3 is 2.79 bits per heavy atom. The van der Waals surface area contributed by atoms with E-state index in [1.54, 1.807) is 9.80 Å². The van der Waals surface area contributed by atoms with Gasteiger partial charge in [-0.25, -0.2) is 9.97 Å². The van der Waals surface area contributed by atoms with Crippen LogP contribution in [0.5, 0.6) is 0 Å². The van der Waals surface area contributed by atoms with Gasteiger partial charge in [0.15, 0.2) is 11.6 Å². The van der Waals surface area contributed by atoms with Gasteiger partial charge in [-0.15, -0.1) is 0 Å². The van der Waals surface area contributed by atoms with E-state index in [2.05, 4.69) is 9.97 Å². The van der Waals surface area contributed by atoms with Crippen LogP contribution in [0.2, 0.25) is 0 Å². The molecular weight excluding hydrogens is 315 g/mol. The molecule has 2 aliphatic heterocycles. The number of nitrogen functional groups attached to an aromatic ring is 1. The molecule has 2 aliphatic rings. The fourth-order valence-electron chi connectivity index (χ4n) is 3.54. The number of halogens is 1. The number of hydrogen-bond donors (Lipinski definition) is 2. The summed E-state index contributed by atoms with van der Waals surface area (Å²) in [7, 11) is 0. The van der Waals surface area contributed by atoms with Crippen molar-refractivity contribution in [1.29, 1.82) is 0 Å². The van der Waals surface area contributed by atoms with Crippen molar-refractivity contribution in [1.82, 2.24) is 14.9 Å². The van der Waals surface area contributed by atoms with Crippen LogP contribution in [0.4, 0.5) is 16.0 Å². The molecule has 0 aromatic carbocycles. The first-order valence-electron chi connectivity index (χ1n) is 8.08. The molecule has 8 nitrogen and oxygen atoms in total. The highest BCUT2D eigenvalue weighted by molar-refractivity contribution is 5.81. The van der Waals surface area contributed by atoms with Crippen LogP contribution in [0.25, 0.3) is 0 Å². The molecule has 2 atom stereocenters. The van der Waals surface area contributed by atoms with Crippen molar-refractivity contribution in [2.75, 3.05) is 30.3 Å². The summed E-state index contributed by atoms with van der Waals surface area (Å²) < 4.78 is 14.2. The Kier molecular flexibility index (Phi) is 4.50. The molecule has 4 N–H and O–H groups in total. The Morgan fingerprint density at radius 2 is 2.08 bits per heavy atom. The normalized spacial score (nSPS) is 25.0. The van der Waals surface area contributed by atoms with Crippen LogP contribution < -0.4 is 16.4 Å². The number of primary amides is 1. The predicted octanol–water partition coefficient (Wildman–Crippen LogP) is -0.109. The quantitative estimate of drug-likeness (QED) is 0.795. The van der Waals surface area contributed by atoms with E-state index in [-0.39, 0.29) is 23.6 Å². The molecule has 3 rings (SSSR count). The highest BCUT2D eigenvalue weighted by Crippen LogP contribution is 2.29. The lowest BCUT2D eigenvalue weighted by Crippen LogP contribution is -2.58. The maximum Gasteiger partial charge on any atom is 0.222 e. The lowest BCUT2D eigenvalue weighted by atomic mass is 9.88. The van der Waals surface area contributed by atoms with E-state index in [4.69, 9.17) is 11.5 Å². The van der Waals surface area contributed by atoms with Crippen molar-refractivity contribution in [3.05, 3.63) is 12.1 Å². The van der Waals surface area contributed by atoms with E-state index < -0.39 is 17.6 Å². The van der Waals surface area contributed by atoms with Crippen LogP contribution in [0.3, 0.4) is 0 Å². The van der Waals surface area contributed by atoms with E-state index >= 15 is 0 Å². The first kappa shape index (κ1) is 16.4. The number of piperidine rings is 2. The number of amides is 2. The summed E-state index contributed by atoms with van der Waals surface area (Å²) >= 11 is 0. The van der Waals surface area contributed by atoms with E-state index in [9.17, 15) is 14.0 Å². The molecule has 0 bridgehead atoms. The largest absolute Gasteiger partial charge is 0.381 e. The fraction of sp³-hybridized carbons (Fsp3) is 0.600. The lowest BCUT2D eigenvalue weighted by molar-refractivity contribution is -0.139. The summed E-state index contributed by atoms with van der Waals surface area (Å²) in [6.45, 7) is 1.31. The van der Waals surface area contributed by atoms with E-state index in [0.717, 1.165) is 12.8 Å². The SMILES string of the molecule is NC(=O)[C@H]1CCN(c2ncnc(N)c2F)C[C@@H]1N1CCCCC1=O. The van der Waals surface area contributed by atoms with Gasteiger partial charge >= 0.3 is 0 Å². The second-order valence-electron chi connectivity index (χ2n) is 6.25. The van der Waals surface area contributed by atoms with E-state index in [1.165, 1.54) is 6.33 Å². The fourth-order valence-corrected chi connectivity index (χ4v) is 3.54. The molecule has 9 heteroatoms. The van der Waals surface area contributed by atoms with E-state index in [1.807, 2.05) is 0 Å². The number of carbonyl (C=O) groups excluding carboxylic acids is 2. The van der Waals surface area contributed by atoms with Crippen LogP contribution in [0.15, 0.2) is 6.33 Å². The molecule has 0 saturated carbocycles. The standard InChI is InChI=1S/C15H21FN6O2/c16-12-13(17)19-8-20-15(12)21-6-4-9(14(18)24)10(7-21)22-5-2-1-3-11(22)23/h8-10H,1-7H2,(H2,18,24)(H2,17,19,20)/t9-,10-/m0/s1. The number of aromatic nitrogens is 2. The molecule has 24 heavy (non-hydrogen) atoms. The summed E-state index contributed by atoms with van der Waals surface area (Å²) in [4.78, 5) is 35.1. The molecule has 0 radical (unpaired) electrons. The van der Waals surface area contributed by atoms with Gasteiger partial charge in [0.1, 0.15) is 6.33 Å². The second kappa shape index (κ2) is 6.58. The Hall–Kier alpha value is -2.45. The van der Waals surface area contributed by atoms with Crippen LogP contribution in [0.1, 0.15) is 25.7 Å². The van der Waals surface area contributed by atoms with Gasteiger partial charge in [-0.3, -0.25) is 9.59 Å². The third-order valence-corrected chi connectivity index (χ3v) is 4.81. The zero-order valence-electron chi connectivity index (χ0n) is 13.3. The molecule has 3 heterocycles. The third-order valence-electron chi connectivity index (χ3n) is 4.81. The number of rotatable bonds is 3. The van der Waals surface area contributed by atoms with Crippen LogP contribution in [0, 0.1) is 11.7 Å². The number of carbonyl (C=O) groups is 2. The molecule has 2 amide bonds. The highest BCUT2D eigenvalue weighted by Gasteiger charge is 2.40. The Morgan fingerprint density at radius 1 is 1.29 bits per heavy atom. The molecule has 2 saturated heterocycles. The zero-order valence-corrected chi connectivity index (χ0v) is 13.3. The minimum atomic E-state index is -0.682. The molecule has 130 valence electrons. The van der Waals surface area contributed by atoms with Gasteiger partial charge in [0.05, 0.1) is 12.0 Å². The Bertz CT molecular complexity index is 655. The van der Waals surface area contributed by atoms with Crippen LogP contribution in [-0.2, 0) is 9.59 Å². The summed E-state index contributed by atoms with van der Waals surface area (Å²) in [6, 6.07) is -0.375. The van der Waals surface area contributed by atoms with Crippen molar-refractivity contribution in [3.8, 4) is 0 Å². The molecule has 0 spiro atoms. The number of nitrogens with two attached hydrogens (primary N) is 2. The minimum Gasteiger partial charge on any atom is -0.381 e. The van der Waals surface area contributed by atoms with Gasteiger partial charge in [-0.2, -0.15) is 4.39 Å². The van der Waals surface area contributed by atoms with Gasteiger partial charge in [-0.1, -0.05) is 0 Å². The molecule has 0 aliphatic carbocycles. The molecule has 1 aromatic rings. The molecular formula is C15H21FN6O2. The summed E-state index contributed by atoms with van der Waals surface area (Å²) in [5, 5.41) is 0. The van der Waals surface area contributed by atoms with Crippen molar-refractivity contribution >= 4 is 23.5 Å². The van der Waals surface area contributed by atoms with Gasteiger partial charge in [-0.05, 0) is 19.3 Å². The molecule has 1 aromatic heterocycles. The highest BCUT2D eigenvalue weighted by atomic mass is 19.1. The maximum atomic E-state index is 14.2. The Balaban J connectivity index is 1.87. The third kappa shape index (κ3) is 2.98. The maximum absolute atomic E-state index is 14.2. The van der Waals surface area contributed by atoms with Crippen LogP contribution >= 0.6 is 0 Å². The zero-order chi connectivity index (χ0) is 17.3. The smallest absolute Gasteiger partial charge is 0.222 e. The van der Waals surface area contributed by atoms with Gasteiger partial charge in [0.2, 0.25) is 17.6 Å². The molecule has 0 unspecified atom stereocenters. The number of likely N-dealkylation sites (tertiary alicyclic amines) is 1. The van der Waals surface area contributed by atoms with Crippen LogP contribution in [-0.4, -0.2) is 52.4 Å². The van der Waals surface area contributed by atoms with Gasteiger partial charge < -0.3 is 21.3 Å². The average Bonchev–Trinajstić information content (AvgIpc) is 2.57. The number of anilines is 2. The van der Waals surface area contributed by atoms with Crippen molar-refractivity contribution in [3.63, 3.8) is 0 Å². The van der Waals surface area contributed by atoms with E-state index in [0.29, 0.717) is 32.5 Å². The van der Waals surface area contributed by atoms with Crippen molar-refractivity contribution in [2.24, 2.45) is 11.7 Å². The lowest BCUT2D eigenvalue weighted by Gasteiger charge is -2.44. The predicted molar refractivity (Wildman–Crippen MR) is 85.3 cm³/mol. The van der Waals surface area contributed by atoms with Gasteiger partial charge in [0.25, 0.3) is 0 Å². The number of nitrogens with zero attached hydrogens (tertiary/aromatic N) is 4. The summed E-state index contributed by atoms with van der Waals surface area (Å²) in [5.41, 5.74) is 11.0. The average molecular weight is 336 g/mol. The summed E-state index contributed by atoms with van der Waals surface area (Å²) in [6.07, 6.45) is 3.85. The first-order valence-corrected chi connectivity index (χ1v) is 8.08. The molecule has 2 fully saturated rings. The summed E-state index contributed by atoms with van der Waals surface area (Å²) in [5.74, 6) is -1.66. The minimum absolute atomic E-state index is 0.0158. The monoisotopic (exact) mass is 336 g/mol. The number of hydrogen-bond acceptors (Lipinski definition) is 6. The second-order valence-corrected chi connectivity index (χ2v) is 6.25. The van der Waals surface area contributed by atoms with Crippen molar-refractivity contribution in [2.45, 2.75) is 31.7 Å². The van der Waals surface area contributed by atoms with Gasteiger partial charge in [0, 0.05) is 26.1 Å².